The Kier molecular flexibility index (Phi) is 4.07. The van der Waals surface area contributed by atoms with Gasteiger partial charge < -0.3 is 10.6 Å². The molecule has 1 amide bonds. The van der Waals surface area contributed by atoms with E-state index in [9.17, 15) is 4.79 Å². The van der Waals surface area contributed by atoms with Gasteiger partial charge in [-0.15, -0.1) is 0 Å². The van der Waals surface area contributed by atoms with E-state index in [1.165, 1.54) is 12.6 Å². The molecule has 0 aromatic carbocycles. The van der Waals surface area contributed by atoms with E-state index in [4.69, 9.17) is 17.3 Å². The Balaban J connectivity index is 2.26. The van der Waals surface area contributed by atoms with Crippen molar-refractivity contribution in [1.82, 2.24) is 9.88 Å². The van der Waals surface area contributed by atoms with Crippen LogP contribution in [0.15, 0.2) is 12.3 Å². The first-order chi connectivity index (χ1) is 8.63. The summed E-state index contributed by atoms with van der Waals surface area (Å²) in [6, 6.07) is 1.92. The molecule has 1 fully saturated rings. The number of nitrogen functional groups attached to an aromatic ring is 1. The van der Waals surface area contributed by atoms with Gasteiger partial charge in [-0.05, 0) is 31.7 Å². The summed E-state index contributed by atoms with van der Waals surface area (Å²) in [5.74, 6) is -0.0497. The van der Waals surface area contributed by atoms with Gasteiger partial charge in [0.25, 0.3) is 5.91 Å². The second kappa shape index (κ2) is 5.57. The third-order valence-electron chi connectivity index (χ3n) is 3.45. The normalized spacial score (nSPS) is 19.9. The monoisotopic (exact) mass is 267 g/mol. The van der Waals surface area contributed by atoms with Crippen molar-refractivity contribution in [1.29, 1.82) is 0 Å². The summed E-state index contributed by atoms with van der Waals surface area (Å²) in [6.07, 6.45) is 5.74. The van der Waals surface area contributed by atoms with Crippen molar-refractivity contribution in [2.24, 2.45) is 0 Å². The quantitative estimate of drug-likeness (QED) is 0.838. The van der Waals surface area contributed by atoms with Crippen molar-refractivity contribution in [2.45, 2.75) is 38.6 Å². The van der Waals surface area contributed by atoms with Crippen molar-refractivity contribution >= 4 is 23.2 Å². The first kappa shape index (κ1) is 13.1. The van der Waals surface area contributed by atoms with Crippen LogP contribution in [-0.4, -0.2) is 28.4 Å². The maximum Gasteiger partial charge on any atom is 0.257 e. The van der Waals surface area contributed by atoms with Crippen LogP contribution in [0.25, 0.3) is 0 Å². The van der Waals surface area contributed by atoms with Crippen LogP contribution in [0.4, 0.5) is 5.69 Å². The minimum atomic E-state index is -0.0497. The zero-order valence-corrected chi connectivity index (χ0v) is 11.3. The van der Waals surface area contributed by atoms with Crippen LogP contribution in [0.3, 0.4) is 0 Å². The third kappa shape index (κ3) is 2.58. The van der Waals surface area contributed by atoms with Crippen LogP contribution in [-0.2, 0) is 0 Å². The van der Waals surface area contributed by atoms with Gasteiger partial charge in [-0.3, -0.25) is 4.79 Å². The SMILES string of the molecule is CCC1CCCCN1C(=O)c1cc(N)cnc1Cl. The fourth-order valence-electron chi connectivity index (χ4n) is 2.46. The van der Waals surface area contributed by atoms with Crippen LogP contribution in [0.1, 0.15) is 43.0 Å². The summed E-state index contributed by atoms with van der Waals surface area (Å²) < 4.78 is 0. The Morgan fingerprint density at radius 1 is 1.61 bits per heavy atom. The summed E-state index contributed by atoms with van der Waals surface area (Å²) >= 11 is 5.99. The van der Waals surface area contributed by atoms with Crippen molar-refractivity contribution in [3.63, 3.8) is 0 Å². The number of nitrogens with zero attached hydrogens (tertiary/aromatic N) is 2. The molecule has 2 rings (SSSR count). The fourth-order valence-corrected chi connectivity index (χ4v) is 2.65. The zero-order chi connectivity index (χ0) is 13.1. The van der Waals surface area contributed by atoms with E-state index >= 15 is 0 Å². The smallest absolute Gasteiger partial charge is 0.257 e. The van der Waals surface area contributed by atoms with Gasteiger partial charge in [0.05, 0.1) is 17.4 Å². The summed E-state index contributed by atoms with van der Waals surface area (Å²) in [5, 5.41) is 0.231. The number of aromatic nitrogens is 1. The molecule has 0 spiro atoms. The summed E-state index contributed by atoms with van der Waals surface area (Å²) in [5.41, 5.74) is 6.55. The van der Waals surface area contributed by atoms with Crippen LogP contribution in [0.5, 0.6) is 0 Å². The summed E-state index contributed by atoms with van der Waals surface area (Å²) in [4.78, 5) is 18.3. The van der Waals surface area contributed by atoms with Gasteiger partial charge in [0.1, 0.15) is 5.15 Å². The highest BCUT2D eigenvalue weighted by Crippen LogP contribution is 2.24. The molecule has 0 bridgehead atoms. The van der Waals surface area contributed by atoms with Gasteiger partial charge in [-0.1, -0.05) is 18.5 Å². The van der Waals surface area contributed by atoms with Gasteiger partial charge in [-0.2, -0.15) is 0 Å². The molecule has 1 aliphatic rings. The molecule has 98 valence electrons. The molecule has 1 unspecified atom stereocenters. The number of pyridine rings is 1. The van der Waals surface area contributed by atoms with Gasteiger partial charge >= 0.3 is 0 Å². The topological polar surface area (TPSA) is 59.2 Å². The summed E-state index contributed by atoms with van der Waals surface area (Å²) in [7, 11) is 0. The lowest BCUT2D eigenvalue weighted by atomic mass is 9.99. The average molecular weight is 268 g/mol. The van der Waals surface area contributed by atoms with Gasteiger partial charge in [-0.25, -0.2) is 4.98 Å². The Labute approximate surface area is 112 Å². The third-order valence-corrected chi connectivity index (χ3v) is 3.75. The second-order valence-corrected chi connectivity index (χ2v) is 5.02. The first-order valence-electron chi connectivity index (χ1n) is 6.35. The van der Waals surface area contributed by atoms with Gasteiger partial charge in [0.2, 0.25) is 0 Å². The highest BCUT2D eigenvalue weighted by molar-refractivity contribution is 6.32. The fraction of sp³-hybridized carbons (Fsp3) is 0.538. The number of halogens is 1. The molecular weight excluding hydrogens is 250 g/mol. The van der Waals surface area contributed by atoms with Crippen molar-refractivity contribution in [3.8, 4) is 0 Å². The van der Waals surface area contributed by atoms with Crippen molar-refractivity contribution in [3.05, 3.63) is 23.0 Å². The Hall–Kier alpha value is -1.29. The largest absolute Gasteiger partial charge is 0.397 e. The number of nitrogens with two attached hydrogens (primary N) is 1. The number of hydrogen-bond acceptors (Lipinski definition) is 3. The highest BCUT2D eigenvalue weighted by atomic mass is 35.5. The lowest BCUT2D eigenvalue weighted by molar-refractivity contribution is 0.0608. The van der Waals surface area contributed by atoms with Crippen molar-refractivity contribution < 1.29 is 4.79 Å². The van der Waals surface area contributed by atoms with Crippen LogP contribution >= 0.6 is 11.6 Å². The Morgan fingerprint density at radius 3 is 3.11 bits per heavy atom. The first-order valence-corrected chi connectivity index (χ1v) is 6.73. The van der Waals surface area contributed by atoms with E-state index in [0.29, 0.717) is 17.3 Å². The number of carbonyl (C=O) groups is 1. The second-order valence-electron chi connectivity index (χ2n) is 4.66. The Morgan fingerprint density at radius 2 is 2.39 bits per heavy atom. The molecule has 18 heavy (non-hydrogen) atoms. The zero-order valence-electron chi connectivity index (χ0n) is 10.5. The standard InChI is InChI=1S/C13H18ClN3O/c1-2-10-5-3-4-6-17(10)13(18)11-7-9(15)8-16-12(11)14/h7-8,10H,2-6,15H2,1H3. The molecule has 2 N–H and O–H groups in total. The molecule has 4 nitrogen and oxygen atoms in total. The van der Waals surface area contributed by atoms with E-state index in [2.05, 4.69) is 11.9 Å². The number of likely N-dealkylation sites (tertiary alicyclic amines) is 1. The number of rotatable bonds is 2. The van der Waals surface area contributed by atoms with Crippen LogP contribution in [0.2, 0.25) is 5.15 Å². The number of anilines is 1. The van der Waals surface area contributed by atoms with Gasteiger partial charge in [0.15, 0.2) is 0 Å². The lowest BCUT2D eigenvalue weighted by Crippen LogP contribution is -2.43. The van der Waals surface area contributed by atoms with Crippen molar-refractivity contribution in [2.75, 3.05) is 12.3 Å². The lowest BCUT2D eigenvalue weighted by Gasteiger charge is -2.35. The number of amides is 1. The average Bonchev–Trinajstić information content (AvgIpc) is 2.40. The van der Waals surface area contributed by atoms with E-state index in [0.717, 1.165) is 25.8 Å². The van der Waals surface area contributed by atoms with E-state index in [1.54, 1.807) is 6.07 Å². The number of carbonyl (C=O) groups excluding carboxylic acids is 1. The molecule has 5 heteroatoms. The number of hydrogen-bond donors (Lipinski definition) is 1. The molecule has 0 saturated carbocycles. The molecule has 0 radical (unpaired) electrons. The molecule has 1 atom stereocenters. The predicted octanol–water partition coefficient (Wildman–Crippen LogP) is 2.72. The molecule has 0 aliphatic carbocycles. The van der Waals surface area contributed by atoms with E-state index in [1.807, 2.05) is 4.90 Å². The van der Waals surface area contributed by atoms with Gasteiger partial charge in [0, 0.05) is 12.6 Å². The van der Waals surface area contributed by atoms with Crippen LogP contribution in [0, 0.1) is 0 Å². The highest BCUT2D eigenvalue weighted by Gasteiger charge is 2.27. The van der Waals surface area contributed by atoms with E-state index in [-0.39, 0.29) is 11.1 Å². The maximum absolute atomic E-state index is 12.5. The predicted molar refractivity (Wildman–Crippen MR) is 72.6 cm³/mol. The molecule has 1 aliphatic heterocycles. The Bertz CT molecular complexity index is 450. The minimum absolute atomic E-state index is 0.0497. The molecule has 1 aromatic rings. The van der Waals surface area contributed by atoms with Crippen LogP contribution < -0.4 is 5.73 Å². The molecule has 2 heterocycles. The minimum Gasteiger partial charge on any atom is -0.397 e. The molecule has 1 saturated heterocycles. The summed E-state index contributed by atoms with van der Waals surface area (Å²) in [6.45, 7) is 2.90. The molecular formula is C13H18ClN3O. The molecule has 1 aromatic heterocycles. The maximum atomic E-state index is 12.5. The number of piperidine rings is 1. The van der Waals surface area contributed by atoms with E-state index < -0.39 is 0 Å².